The molecule has 0 aliphatic heterocycles. The van der Waals surface area contributed by atoms with Crippen molar-refractivity contribution in [1.29, 1.82) is 0 Å². The van der Waals surface area contributed by atoms with Gasteiger partial charge in [0.25, 0.3) is 0 Å². The molecule has 1 aromatic carbocycles. The summed E-state index contributed by atoms with van der Waals surface area (Å²) in [7, 11) is 0. The largest absolute Gasteiger partial charge is 0.481 e. The Morgan fingerprint density at radius 3 is 2.90 bits per heavy atom. The zero-order chi connectivity index (χ0) is 14.8. The third kappa shape index (κ3) is 2.88. The molecule has 0 saturated heterocycles. The van der Waals surface area contributed by atoms with Gasteiger partial charge in [-0.2, -0.15) is 0 Å². The highest BCUT2D eigenvalue weighted by Crippen LogP contribution is 2.30. The van der Waals surface area contributed by atoms with Crippen LogP contribution in [0.25, 0.3) is 20.9 Å². The molecule has 2 aromatic heterocycles. The van der Waals surface area contributed by atoms with Crippen LogP contribution in [0.2, 0.25) is 0 Å². The lowest BCUT2D eigenvalue weighted by Gasteiger charge is -2.03. The van der Waals surface area contributed by atoms with Crippen LogP contribution in [0.15, 0.2) is 34.4 Å². The van der Waals surface area contributed by atoms with Crippen molar-refractivity contribution in [3.63, 3.8) is 0 Å². The van der Waals surface area contributed by atoms with Gasteiger partial charge in [-0.05, 0) is 18.6 Å². The van der Waals surface area contributed by atoms with Gasteiger partial charge in [-0.25, -0.2) is 4.98 Å². The van der Waals surface area contributed by atoms with Crippen LogP contribution < -0.4 is 4.87 Å². The van der Waals surface area contributed by atoms with Crippen molar-refractivity contribution in [2.75, 3.05) is 0 Å². The fourth-order valence-corrected chi connectivity index (χ4v) is 3.91. The zero-order valence-corrected chi connectivity index (χ0v) is 12.6. The molecule has 0 aliphatic carbocycles. The molecule has 0 saturated carbocycles. The van der Waals surface area contributed by atoms with Gasteiger partial charge in [0.2, 0.25) is 0 Å². The molecule has 2 heterocycles. The average Bonchev–Trinajstić information content (AvgIpc) is 3.02. The Labute approximate surface area is 128 Å². The number of hydrogen-bond acceptors (Lipinski definition) is 5. The molecule has 0 aliphatic rings. The van der Waals surface area contributed by atoms with E-state index < -0.39 is 5.97 Å². The molecule has 5 nitrogen and oxygen atoms in total. The Kier molecular flexibility index (Phi) is 3.85. The number of nitrogens with zero attached hydrogens (tertiary/aromatic N) is 2. The highest BCUT2D eigenvalue weighted by molar-refractivity contribution is 7.21. The first-order chi connectivity index (χ1) is 10.1. The molecule has 0 fully saturated rings. The monoisotopic (exact) mass is 320 g/mol. The van der Waals surface area contributed by atoms with E-state index in [1.165, 1.54) is 11.3 Å². The smallest absolute Gasteiger partial charge is 0.307 e. The summed E-state index contributed by atoms with van der Waals surface area (Å²) in [5.74, 6) is -0.847. The van der Waals surface area contributed by atoms with Crippen molar-refractivity contribution in [2.45, 2.75) is 19.4 Å². The number of rotatable bonds is 5. The molecule has 3 aromatic rings. The second-order valence-electron chi connectivity index (χ2n) is 4.52. The summed E-state index contributed by atoms with van der Waals surface area (Å²) >= 11 is 2.66. The maximum Gasteiger partial charge on any atom is 0.307 e. The van der Waals surface area contributed by atoms with Crippen LogP contribution in [0.4, 0.5) is 0 Å². The van der Waals surface area contributed by atoms with Crippen molar-refractivity contribution in [1.82, 2.24) is 9.55 Å². The Morgan fingerprint density at radius 1 is 1.33 bits per heavy atom. The summed E-state index contributed by atoms with van der Waals surface area (Å²) in [5.41, 5.74) is 1.69. The molecule has 0 spiro atoms. The average molecular weight is 320 g/mol. The normalized spacial score (nSPS) is 11.0. The van der Waals surface area contributed by atoms with Gasteiger partial charge in [0.1, 0.15) is 5.01 Å². The quantitative estimate of drug-likeness (QED) is 0.784. The molecular weight excluding hydrogens is 308 g/mol. The van der Waals surface area contributed by atoms with Crippen molar-refractivity contribution >= 4 is 38.9 Å². The molecule has 0 bridgehead atoms. The minimum absolute atomic E-state index is 0.0571. The lowest BCUT2D eigenvalue weighted by molar-refractivity contribution is -0.137. The Balaban J connectivity index is 1.94. The zero-order valence-electron chi connectivity index (χ0n) is 11.0. The molecule has 0 radical (unpaired) electrons. The van der Waals surface area contributed by atoms with E-state index in [0.29, 0.717) is 13.0 Å². The number of carboxylic acid groups (broad SMARTS) is 1. The fraction of sp³-hybridized carbons (Fsp3) is 0.214. The Morgan fingerprint density at radius 2 is 2.14 bits per heavy atom. The first-order valence-corrected chi connectivity index (χ1v) is 8.11. The first kappa shape index (κ1) is 14.0. The molecule has 0 atom stereocenters. The van der Waals surface area contributed by atoms with Crippen LogP contribution >= 0.6 is 22.7 Å². The molecule has 1 N–H and O–H groups in total. The van der Waals surface area contributed by atoms with Crippen LogP contribution in [-0.4, -0.2) is 20.6 Å². The summed E-state index contributed by atoms with van der Waals surface area (Å²) in [6.07, 6.45) is 0.492. The fourth-order valence-electron chi connectivity index (χ4n) is 2.08. The Bertz CT molecular complexity index is 814. The summed E-state index contributed by atoms with van der Waals surface area (Å²) in [4.78, 5) is 27.0. The summed E-state index contributed by atoms with van der Waals surface area (Å²) in [5, 5.41) is 11.3. The first-order valence-electron chi connectivity index (χ1n) is 6.41. The Hall–Kier alpha value is -1.99. The van der Waals surface area contributed by atoms with Gasteiger partial charge in [-0.1, -0.05) is 23.5 Å². The van der Waals surface area contributed by atoms with E-state index >= 15 is 0 Å². The lowest BCUT2D eigenvalue weighted by Crippen LogP contribution is -2.15. The minimum Gasteiger partial charge on any atom is -0.481 e. The van der Waals surface area contributed by atoms with Crippen LogP contribution in [0.3, 0.4) is 0 Å². The van der Waals surface area contributed by atoms with E-state index in [2.05, 4.69) is 4.98 Å². The lowest BCUT2D eigenvalue weighted by atomic mass is 10.3. The van der Waals surface area contributed by atoms with Crippen LogP contribution in [0.1, 0.15) is 12.8 Å². The van der Waals surface area contributed by atoms with Crippen molar-refractivity contribution in [2.24, 2.45) is 0 Å². The van der Waals surface area contributed by atoms with E-state index in [-0.39, 0.29) is 11.3 Å². The molecule has 108 valence electrons. The highest BCUT2D eigenvalue weighted by atomic mass is 32.1. The second-order valence-corrected chi connectivity index (χ2v) is 6.37. The number of para-hydroxylation sites is 1. The van der Waals surface area contributed by atoms with Gasteiger partial charge in [-0.15, -0.1) is 11.3 Å². The molecule has 0 unspecified atom stereocenters. The topological polar surface area (TPSA) is 72.2 Å². The van der Waals surface area contributed by atoms with Crippen LogP contribution in [-0.2, 0) is 11.3 Å². The maximum atomic E-state index is 11.9. The molecule has 0 amide bonds. The van der Waals surface area contributed by atoms with Gasteiger partial charge in [0.05, 0.1) is 15.9 Å². The number of hydrogen-bond donors (Lipinski definition) is 1. The maximum absolute atomic E-state index is 11.9. The minimum atomic E-state index is -0.847. The third-order valence-corrected chi connectivity index (χ3v) is 4.89. The van der Waals surface area contributed by atoms with E-state index in [1.54, 1.807) is 9.95 Å². The second kappa shape index (κ2) is 5.79. The molecular formula is C14H12N2O3S2. The third-order valence-electron chi connectivity index (χ3n) is 3.07. The van der Waals surface area contributed by atoms with Crippen molar-refractivity contribution < 1.29 is 9.90 Å². The molecule has 21 heavy (non-hydrogen) atoms. The number of carbonyl (C=O) groups is 1. The van der Waals surface area contributed by atoms with Crippen molar-refractivity contribution in [3.8, 4) is 10.7 Å². The number of aromatic nitrogens is 2. The van der Waals surface area contributed by atoms with E-state index in [4.69, 9.17) is 5.11 Å². The number of carboxylic acids is 1. The van der Waals surface area contributed by atoms with Gasteiger partial charge in [0.15, 0.2) is 0 Å². The van der Waals surface area contributed by atoms with Crippen LogP contribution in [0.5, 0.6) is 0 Å². The van der Waals surface area contributed by atoms with Crippen LogP contribution in [0, 0.1) is 0 Å². The van der Waals surface area contributed by atoms with E-state index in [9.17, 15) is 9.59 Å². The predicted molar refractivity (Wildman–Crippen MR) is 84.1 cm³/mol. The predicted octanol–water partition coefficient (Wildman–Crippen LogP) is 3.05. The molecule has 7 heteroatoms. The standard InChI is InChI=1S/C14H12N2O3S2/c17-12(18)6-3-7-16-10(8-20-14(16)19)13-15-9-4-1-2-5-11(9)21-13/h1-2,4-5,8H,3,6-7H2,(H,17,18). The highest BCUT2D eigenvalue weighted by Gasteiger charge is 2.13. The van der Waals surface area contributed by atoms with Gasteiger partial charge < -0.3 is 5.11 Å². The number of aliphatic carboxylic acids is 1. The van der Waals surface area contributed by atoms with Crippen molar-refractivity contribution in [3.05, 3.63) is 39.3 Å². The SMILES string of the molecule is O=C(O)CCCn1c(-c2nc3ccccc3s2)csc1=O. The summed E-state index contributed by atoms with van der Waals surface area (Å²) in [6.45, 7) is 0.403. The van der Waals surface area contributed by atoms with Gasteiger partial charge in [0, 0.05) is 18.3 Å². The number of benzene rings is 1. The summed E-state index contributed by atoms with van der Waals surface area (Å²) in [6, 6.07) is 7.82. The summed E-state index contributed by atoms with van der Waals surface area (Å²) < 4.78 is 2.69. The van der Waals surface area contributed by atoms with E-state index in [0.717, 1.165) is 32.3 Å². The molecule has 3 rings (SSSR count). The number of thiazole rings is 2. The van der Waals surface area contributed by atoms with Gasteiger partial charge >= 0.3 is 10.8 Å². The van der Waals surface area contributed by atoms with Gasteiger partial charge in [-0.3, -0.25) is 14.2 Å². The number of fused-ring (bicyclic) bond motifs is 1. The van der Waals surface area contributed by atoms with E-state index in [1.807, 2.05) is 24.3 Å².